The van der Waals surface area contributed by atoms with Crippen LogP contribution in [0, 0.1) is 13.8 Å². The van der Waals surface area contributed by atoms with Gasteiger partial charge in [0.1, 0.15) is 12.1 Å². The molecule has 1 aromatic carbocycles. The standard InChI is InChI=1S/C26H30N2O4/c1-5-28-17(3)11-19(12-18(28)4)22-14-20-13-21-16(2)8-10-27(9-6-7-25(29)30)23(21)15-24(20)32-26(22)31/h11-16H,5-10H2,1-4H3/p+1. The second-order valence-electron chi connectivity index (χ2n) is 8.84. The van der Waals surface area contributed by atoms with Crippen molar-refractivity contribution in [3.05, 3.63) is 57.7 Å². The highest BCUT2D eigenvalue weighted by molar-refractivity contribution is 5.86. The third-order valence-corrected chi connectivity index (χ3v) is 6.61. The van der Waals surface area contributed by atoms with E-state index >= 15 is 0 Å². The molecule has 1 aliphatic rings. The molecule has 4 rings (SSSR count). The fourth-order valence-electron chi connectivity index (χ4n) is 4.90. The molecule has 0 spiro atoms. The minimum absolute atomic E-state index is 0.154. The molecule has 0 radical (unpaired) electrons. The van der Waals surface area contributed by atoms with Gasteiger partial charge in [-0.1, -0.05) is 6.92 Å². The molecule has 1 unspecified atom stereocenters. The van der Waals surface area contributed by atoms with Crippen LogP contribution in [0.3, 0.4) is 0 Å². The smallest absolute Gasteiger partial charge is 0.344 e. The zero-order valence-corrected chi connectivity index (χ0v) is 19.3. The van der Waals surface area contributed by atoms with Crippen LogP contribution >= 0.6 is 0 Å². The van der Waals surface area contributed by atoms with Gasteiger partial charge in [-0.25, -0.2) is 9.36 Å². The van der Waals surface area contributed by atoms with Gasteiger partial charge in [0.05, 0.1) is 5.56 Å². The number of fused-ring (bicyclic) bond motifs is 2. The van der Waals surface area contributed by atoms with Crippen molar-refractivity contribution in [2.24, 2.45) is 0 Å². The number of anilines is 1. The molecule has 0 aliphatic carbocycles. The maximum atomic E-state index is 12.9. The van der Waals surface area contributed by atoms with Crippen LogP contribution in [-0.4, -0.2) is 24.2 Å². The van der Waals surface area contributed by atoms with Crippen molar-refractivity contribution in [2.45, 2.75) is 59.4 Å². The molecule has 3 aromatic rings. The Balaban J connectivity index is 1.77. The molecule has 0 fully saturated rings. The molecule has 0 bridgehead atoms. The van der Waals surface area contributed by atoms with Crippen molar-refractivity contribution >= 4 is 22.6 Å². The molecule has 0 amide bonds. The summed E-state index contributed by atoms with van der Waals surface area (Å²) in [5, 5.41) is 9.88. The summed E-state index contributed by atoms with van der Waals surface area (Å²) in [5.74, 6) is -0.381. The molecule has 1 N–H and O–H groups in total. The summed E-state index contributed by atoms with van der Waals surface area (Å²) in [4.78, 5) is 26.0. The van der Waals surface area contributed by atoms with Gasteiger partial charge in [-0.2, -0.15) is 0 Å². The average Bonchev–Trinajstić information content (AvgIpc) is 2.73. The van der Waals surface area contributed by atoms with Gasteiger partial charge in [-0.15, -0.1) is 0 Å². The second-order valence-corrected chi connectivity index (χ2v) is 8.84. The SMILES string of the molecule is CC[n+]1c(C)cc(-c2cc3cc4c(cc3oc2=O)N(CCCC(=O)O)CCC4C)cc1C. The van der Waals surface area contributed by atoms with Crippen molar-refractivity contribution in [1.29, 1.82) is 0 Å². The van der Waals surface area contributed by atoms with Gasteiger partial charge < -0.3 is 14.4 Å². The molecule has 0 saturated carbocycles. The number of rotatable bonds is 6. The van der Waals surface area contributed by atoms with E-state index in [2.05, 4.69) is 43.2 Å². The van der Waals surface area contributed by atoms with Gasteiger partial charge in [-0.05, 0) is 43.4 Å². The number of carboxylic acids is 1. The maximum absolute atomic E-state index is 12.9. The monoisotopic (exact) mass is 435 g/mol. The Kier molecular flexibility index (Phi) is 6.04. The second kappa shape index (κ2) is 8.77. The molecule has 0 saturated heterocycles. The number of nitrogens with zero attached hydrogens (tertiary/aromatic N) is 2. The van der Waals surface area contributed by atoms with Crippen LogP contribution in [-0.2, 0) is 11.3 Å². The first-order valence-corrected chi connectivity index (χ1v) is 11.4. The molecule has 1 aliphatic heterocycles. The summed E-state index contributed by atoms with van der Waals surface area (Å²) in [7, 11) is 0. The Hall–Kier alpha value is -3.15. The summed E-state index contributed by atoms with van der Waals surface area (Å²) >= 11 is 0. The van der Waals surface area contributed by atoms with Crippen molar-refractivity contribution in [2.75, 3.05) is 18.0 Å². The van der Waals surface area contributed by atoms with E-state index in [1.165, 1.54) is 5.56 Å². The molecule has 3 heterocycles. The highest BCUT2D eigenvalue weighted by Gasteiger charge is 2.24. The Morgan fingerprint density at radius 1 is 1.19 bits per heavy atom. The van der Waals surface area contributed by atoms with Gasteiger partial charge >= 0.3 is 11.6 Å². The van der Waals surface area contributed by atoms with E-state index in [1.807, 2.05) is 24.3 Å². The quantitative estimate of drug-likeness (QED) is 0.454. The number of aliphatic carboxylic acids is 1. The van der Waals surface area contributed by atoms with E-state index in [1.54, 1.807) is 0 Å². The average molecular weight is 436 g/mol. The van der Waals surface area contributed by atoms with Crippen molar-refractivity contribution in [3.63, 3.8) is 0 Å². The van der Waals surface area contributed by atoms with Crippen LogP contribution in [0.5, 0.6) is 0 Å². The Morgan fingerprint density at radius 3 is 2.56 bits per heavy atom. The first-order valence-electron chi connectivity index (χ1n) is 11.4. The van der Waals surface area contributed by atoms with Crippen LogP contribution in [0.15, 0.2) is 39.5 Å². The van der Waals surface area contributed by atoms with Gasteiger partial charge in [0.2, 0.25) is 0 Å². The van der Waals surface area contributed by atoms with E-state index in [0.29, 0.717) is 30.0 Å². The molecule has 6 heteroatoms. The summed E-state index contributed by atoms with van der Waals surface area (Å²) in [6, 6.07) is 10.1. The molecule has 168 valence electrons. The summed E-state index contributed by atoms with van der Waals surface area (Å²) in [6.07, 6.45) is 1.76. The molecule has 1 atom stereocenters. The van der Waals surface area contributed by atoms with Gasteiger partial charge in [0.15, 0.2) is 11.4 Å². The van der Waals surface area contributed by atoms with E-state index in [4.69, 9.17) is 9.52 Å². The maximum Gasteiger partial charge on any atom is 0.344 e. The Bertz CT molecular complexity index is 1220. The number of hydrogen-bond acceptors (Lipinski definition) is 4. The number of carbonyl (C=O) groups is 1. The van der Waals surface area contributed by atoms with E-state index in [0.717, 1.165) is 47.5 Å². The molecular weight excluding hydrogens is 404 g/mol. The normalized spacial score (nSPS) is 15.8. The van der Waals surface area contributed by atoms with Crippen LogP contribution < -0.4 is 15.1 Å². The number of aromatic nitrogens is 1. The number of hydrogen-bond donors (Lipinski definition) is 1. The van der Waals surface area contributed by atoms with Crippen molar-refractivity contribution in [1.82, 2.24) is 0 Å². The van der Waals surface area contributed by atoms with Crippen LogP contribution in [0.1, 0.15) is 56.0 Å². The van der Waals surface area contributed by atoms with E-state index in [-0.39, 0.29) is 12.0 Å². The predicted octanol–water partition coefficient (Wildman–Crippen LogP) is 4.56. The summed E-state index contributed by atoms with van der Waals surface area (Å²) < 4.78 is 8.00. The predicted molar refractivity (Wildman–Crippen MR) is 125 cm³/mol. The minimum atomic E-state index is -0.775. The van der Waals surface area contributed by atoms with E-state index < -0.39 is 5.97 Å². The lowest BCUT2D eigenvalue weighted by molar-refractivity contribution is -0.705. The van der Waals surface area contributed by atoms with Crippen LogP contribution in [0.4, 0.5) is 5.69 Å². The summed E-state index contributed by atoms with van der Waals surface area (Å²) in [5.41, 5.74) is 6.18. The number of aryl methyl sites for hydroxylation is 2. The van der Waals surface area contributed by atoms with Crippen LogP contribution in [0.25, 0.3) is 22.1 Å². The van der Waals surface area contributed by atoms with Gasteiger partial charge in [0.25, 0.3) is 0 Å². The number of pyridine rings is 1. The zero-order valence-electron chi connectivity index (χ0n) is 19.3. The van der Waals surface area contributed by atoms with Crippen LogP contribution in [0.2, 0.25) is 0 Å². The first-order chi connectivity index (χ1) is 15.3. The molecule has 6 nitrogen and oxygen atoms in total. The third-order valence-electron chi connectivity index (χ3n) is 6.61. The lowest BCUT2D eigenvalue weighted by Crippen LogP contribution is -2.39. The third kappa shape index (κ3) is 4.14. The topological polar surface area (TPSA) is 74.6 Å². The Morgan fingerprint density at radius 2 is 1.91 bits per heavy atom. The largest absolute Gasteiger partial charge is 0.481 e. The first kappa shape index (κ1) is 22.1. The number of carboxylic acid groups (broad SMARTS) is 1. The van der Waals surface area contributed by atoms with E-state index in [9.17, 15) is 9.59 Å². The molecule has 2 aromatic heterocycles. The summed E-state index contributed by atoms with van der Waals surface area (Å²) in [6.45, 7) is 10.9. The number of benzene rings is 1. The highest BCUT2D eigenvalue weighted by atomic mass is 16.4. The lowest BCUT2D eigenvalue weighted by Gasteiger charge is -2.34. The van der Waals surface area contributed by atoms with Crippen molar-refractivity contribution in [3.8, 4) is 11.1 Å². The fourth-order valence-corrected chi connectivity index (χ4v) is 4.90. The lowest BCUT2D eigenvalue weighted by atomic mass is 9.90. The molecule has 32 heavy (non-hydrogen) atoms. The van der Waals surface area contributed by atoms with Gasteiger partial charge in [-0.3, -0.25) is 4.79 Å². The molecular formula is C26H31N2O4+. The van der Waals surface area contributed by atoms with Crippen molar-refractivity contribution < 1.29 is 18.9 Å². The zero-order chi connectivity index (χ0) is 23.0. The highest BCUT2D eigenvalue weighted by Crippen LogP contribution is 2.38. The minimum Gasteiger partial charge on any atom is -0.481 e. The van der Waals surface area contributed by atoms with Gasteiger partial charge in [0, 0.05) is 68.2 Å². The Labute approximate surface area is 188 Å². The fraction of sp³-hybridized carbons (Fsp3) is 0.423.